The van der Waals surface area contributed by atoms with Crippen LogP contribution in [-0.2, 0) is 17.8 Å². The molecular formula is C21H26N2O. The molecule has 2 heterocycles. The number of nitrogens with zero attached hydrogens (tertiary/aromatic N) is 2. The van der Waals surface area contributed by atoms with E-state index in [2.05, 4.69) is 70.5 Å². The van der Waals surface area contributed by atoms with E-state index in [-0.39, 0.29) is 5.72 Å². The number of rotatable bonds is 4. The Labute approximate surface area is 144 Å². The summed E-state index contributed by atoms with van der Waals surface area (Å²) in [6.07, 6.45) is 2.21. The summed E-state index contributed by atoms with van der Waals surface area (Å²) in [7, 11) is 0. The van der Waals surface area contributed by atoms with Crippen LogP contribution in [0.3, 0.4) is 0 Å². The highest BCUT2D eigenvalue weighted by Crippen LogP contribution is 2.35. The summed E-state index contributed by atoms with van der Waals surface area (Å²) in [5, 5.41) is 0. The minimum Gasteiger partial charge on any atom is -0.359 e. The zero-order chi connectivity index (χ0) is 16.2. The standard InChI is InChI=1S/C21H26N2O/c1-3-7-19(8-4-1)17-22-13-11-21(12-14-22)23(15-16-24-21)18-20-9-5-2-6-10-20/h1-10H,11-18H2. The van der Waals surface area contributed by atoms with Gasteiger partial charge in [-0.25, -0.2) is 0 Å². The molecule has 0 amide bonds. The Morgan fingerprint density at radius 2 is 1.33 bits per heavy atom. The fraction of sp³-hybridized carbons (Fsp3) is 0.429. The van der Waals surface area contributed by atoms with E-state index in [1.54, 1.807) is 0 Å². The van der Waals surface area contributed by atoms with Crippen LogP contribution in [0.1, 0.15) is 24.0 Å². The molecule has 0 radical (unpaired) electrons. The summed E-state index contributed by atoms with van der Waals surface area (Å²) < 4.78 is 6.26. The van der Waals surface area contributed by atoms with Crippen LogP contribution in [0, 0.1) is 0 Å². The first-order valence-corrected chi connectivity index (χ1v) is 9.03. The van der Waals surface area contributed by atoms with Gasteiger partial charge in [0, 0.05) is 45.6 Å². The molecule has 0 unspecified atom stereocenters. The molecule has 2 aromatic rings. The lowest BCUT2D eigenvalue weighted by Gasteiger charge is -2.43. The molecule has 2 fully saturated rings. The maximum absolute atomic E-state index is 6.26. The Morgan fingerprint density at radius 1 is 0.750 bits per heavy atom. The zero-order valence-electron chi connectivity index (χ0n) is 14.2. The molecular weight excluding hydrogens is 296 g/mol. The molecule has 4 rings (SSSR count). The SMILES string of the molecule is c1ccc(CN2CCC3(CC2)OCCN3Cc2ccccc2)cc1. The molecule has 2 aromatic carbocycles. The van der Waals surface area contributed by atoms with Crippen molar-refractivity contribution >= 4 is 0 Å². The summed E-state index contributed by atoms with van der Waals surface area (Å²) in [6.45, 7) is 6.19. The van der Waals surface area contributed by atoms with Crippen molar-refractivity contribution < 1.29 is 4.74 Å². The Hall–Kier alpha value is -1.68. The van der Waals surface area contributed by atoms with Gasteiger partial charge in [0.25, 0.3) is 0 Å². The summed E-state index contributed by atoms with van der Waals surface area (Å²) in [5.74, 6) is 0. The predicted molar refractivity (Wildman–Crippen MR) is 96.5 cm³/mol. The fourth-order valence-corrected chi connectivity index (χ4v) is 4.03. The van der Waals surface area contributed by atoms with Gasteiger partial charge in [0.1, 0.15) is 5.72 Å². The van der Waals surface area contributed by atoms with E-state index in [0.717, 1.165) is 52.2 Å². The highest BCUT2D eigenvalue weighted by molar-refractivity contribution is 5.16. The Morgan fingerprint density at radius 3 is 1.96 bits per heavy atom. The smallest absolute Gasteiger partial charge is 0.124 e. The van der Waals surface area contributed by atoms with Crippen LogP contribution < -0.4 is 0 Å². The van der Waals surface area contributed by atoms with Gasteiger partial charge in [-0.1, -0.05) is 60.7 Å². The van der Waals surface area contributed by atoms with Crippen molar-refractivity contribution in [1.29, 1.82) is 0 Å². The molecule has 24 heavy (non-hydrogen) atoms. The maximum Gasteiger partial charge on any atom is 0.124 e. The number of ether oxygens (including phenoxy) is 1. The minimum absolute atomic E-state index is 0.0387. The molecule has 0 N–H and O–H groups in total. The number of hydrogen-bond donors (Lipinski definition) is 0. The van der Waals surface area contributed by atoms with Gasteiger partial charge in [-0.2, -0.15) is 0 Å². The molecule has 126 valence electrons. The lowest BCUT2D eigenvalue weighted by molar-refractivity contribution is -0.123. The van der Waals surface area contributed by atoms with Crippen LogP contribution in [0.15, 0.2) is 60.7 Å². The molecule has 3 heteroatoms. The highest BCUT2D eigenvalue weighted by Gasteiger charge is 2.44. The van der Waals surface area contributed by atoms with Gasteiger partial charge in [-0.05, 0) is 11.1 Å². The van der Waals surface area contributed by atoms with Crippen molar-refractivity contribution in [3.8, 4) is 0 Å². The maximum atomic E-state index is 6.26. The molecule has 0 aromatic heterocycles. The van der Waals surface area contributed by atoms with Gasteiger partial charge in [-0.3, -0.25) is 9.80 Å². The monoisotopic (exact) mass is 322 g/mol. The van der Waals surface area contributed by atoms with Gasteiger partial charge in [0.05, 0.1) is 6.61 Å². The quantitative estimate of drug-likeness (QED) is 0.857. The lowest BCUT2D eigenvalue weighted by Crippen LogP contribution is -2.52. The van der Waals surface area contributed by atoms with Gasteiger partial charge < -0.3 is 4.74 Å². The predicted octanol–water partition coefficient (Wildman–Crippen LogP) is 3.51. The van der Waals surface area contributed by atoms with E-state index >= 15 is 0 Å². The molecule has 3 nitrogen and oxygen atoms in total. The van der Waals surface area contributed by atoms with E-state index in [0.29, 0.717) is 0 Å². The molecule has 0 saturated carbocycles. The summed E-state index contributed by atoms with van der Waals surface area (Å²) in [6, 6.07) is 21.6. The van der Waals surface area contributed by atoms with Crippen molar-refractivity contribution in [2.45, 2.75) is 31.7 Å². The third-order valence-electron chi connectivity index (χ3n) is 5.41. The second-order valence-electron chi connectivity index (χ2n) is 6.96. The van der Waals surface area contributed by atoms with Crippen LogP contribution in [0.4, 0.5) is 0 Å². The first kappa shape index (κ1) is 15.8. The second-order valence-corrected chi connectivity index (χ2v) is 6.96. The Balaban J connectivity index is 1.38. The fourth-order valence-electron chi connectivity index (χ4n) is 4.03. The highest BCUT2D eigenvalue weighted by atomic mass is 16.5. The molecule has 2 aliphatic rings. The first-order valence-electron chi connectivity index (χ1n) is 9.03. The molecule has 1 spiro atoms. The molecule has 0 atom stereocenters. The average Bonchev–Trinajstić information content (AvgIpc) is 3.01. The Bertz CT molecular complexity index is 635. The van der Waals surface area contributed by atoms with Gasteiger partial charge >= 0.3 is 0 Å². The number of likely N-dealkylation sites (tertiary alicyclic amines) is 1. The molecule has 0 bridgehead atoms. The van der Waals surface area contributed by atoms with Crippen molar-refractivity contribution in [3.63, 3.8) is 0 Å². The Kier molecular flexibility index (Phi) is 4.65. The van der Waals surface area contributed by atoms with Crippen molar-refractivity contribution in [2.75, 3.05) is 26.2 Å². The normalized spacial score (nSPS) is 21.3. The van der Waals surface area contributed by atoms with E-state index in [4.69, 9.17) is 4.74 Å². The summed E-state index contributed by atoms with van der Waals surface area (Å²) in [5.41, 5.74) is 2.75. The van der Waals surface area contributed by atoms with Crippen LogP contribution in [0.25, 0.3) is 0 Å². The number of benzene rings is 2. The minimum atomic E-state index is -0.0387. The first-order chi connectivity index (χ1) is 11.8. The molecule has 2 saturated heterocycles. The average molecular weight is 322 g/mol. The third kappa shape index (κ3) is 3.39. The number of piperidine rings is 1. The van der Waals surface area contributed by atoms with E-state index in [1.165, 1.54) is 11.1 Å². The largest absolute Gasteiger partial charge is 0.359 e. The number of hydrogen-bond acceptors (Lipinski definition) is 3. The van der Waals surface area contributed by atoms with Crippen molar-refractivity contribution in [3.05, 3.63) is 71.8 Å². The van der Waals surface area contributed by atoms with E-state index in [9.17, 15) is 0 Å². The van der Waals surface area contributed by atoms with Crippen LogP contribution in [-0.4, -0.2) is 41.8 Å². The van der Waals surface area contributed by atoms with Gasteiger partial charge in [0.15, 0.2) is 0 Å². The van der Waals surface area contributed by atoms with Crippen LogP contribution in [0.2, 0.25) is 0 Å². The summed E-state index contributed by atoms with van der Waals surface area (Å²) in [4.78, 5) is 5.12. The van der Waals surface area contributed by atoms with Crippen molar-refractivity contribution in [2.24, 2.45) is 0 Å². The van der Waals surface area contributed by atoms with Crippen molar-refractivity contribution in [1.82, 2.24) is 9.80 Å². The summed E-state index contributed by atoms with van der Waals surface area (Å²) >= 11 is 0. The van der Waals surface area contributed by atoms with Crippen LogP contribution >= 0.6 is 0 Å². The van der Waals surface area contributed by atoms with Gasteiger partial charge in [0.2, 0.25) is 0 Å². The van der Waals surface area contributed by atoms with Gasteiger partial charge in [-0.15, -0.1) is 0 Å². The van der Waals surface area contributed by atoms with E-state index in [1.807, 2.05) is 0 Å². The second kappa shape index (κ2) is 7.06. The third-order valence-corrected chi connectivity index (χ3v) is 5.41. The molecule has 0 aliphatic carbocycles. The zero-order valence-corrected chi connectivity index (χ0v) is 14.2. The lowest BCUT2D eigenvalue weighted by atomic mass is 9.97. The van der Waals surface area contributed by atoms with E-state index < -0.39 is 0 Å². The topological polar surface area (TPSA) is 15.7 Å². The molecule has 2 aliphatic heterocycles. The van der Waals surface area contributed by atoms with Crippen LogP contribution in [0.5, 0.6) is 0 Å².